The molecule has 6 nitrogen and oxygen atoms in total. The lowest BCUT2D eigenvalue weighted by atomic mass is 10.1. The number of hydrogen-bond acceptors (Lipinski definition) is 4. The Morgan fingerprint density at radius 3 is 3.00 bits per heavy atom. The molecule has 3 rings (SSSR count). The normalized spacial score (nSPS) is 12.6. The van der Waals surface area contributed by atoms with E-state index >= 15 is 0 Å². The number of nitrogens with one attached hydrogen (secondary N) is 1. The van der Waals surface area contributed by atoms with Crippen molar-refractivity contribution in [3.8, 4) is 0 Å². The van der Waals surface area contributed by atoms with Crippen molar-refractivity contribution in [1.29, 1.82) is 0 Å². The van der Waals surface area contributed by atoms with Crippen LogP contribution in [0.1, 0.15) is 18.2 Å². The molecule has 0 atom stereocenters. The molecule has 1 aliphatic heterocycles. The maximum Gasteiger partial charge on any atom is 0.321 e. The van der Waals surface area contributed by atoms with Gasteiger partial charge >= 0.3 is 6.03 Å². The Balaban J connectivity index is 1.92. The number of carbonyl (C=O) groups excluding carboxylic acids is 2. The van der Waals surface area contributed by atoms with Crippen LogP contribution in [-0.4, -0.2) is 30.0 Å². The zero-order chi connectivity index (χ0) is 17.8. The molecule has 0 radical (unpaired) electrons. The van der Waals surface area contributed by atoms with E-state index < -0.39 is 0 Å². The standard InChI is InChI=1S/C18H20N4O2S/c1-3-17(23)22(10-14-11-25-12-20-14)15-6-5-13-7-8-21(16(13)9-15)18(24)19-4-2/h3,5-6,9,11-12H,1,4,7-8,10H2,2H3,(H,19,24). The summed E-state index contributed by atoms with van der Waals surface area (Å²) < 4.78 is 0. The number of amides is 3. The summed E-state index contributed by atoms with van der Waals surface area (Å²) in [7, 11) is 0. The van der Waals surface area contributed by atoms with E-state index in [1.165, 1.54) is 17.4 Å². The molecule has 2 heterocycles. The van der Waals surface area contributed by atoms with Crippen LogP contribution in [0.15, 0.2) is 41.7 Å². The van der Waals surface area contributed by atoms with E-state index in [0.717, 1.165) is 29.1 Å². The van der Waals surface area contributed by atoms with Crippen LogP contribution in [0.2, 0.25) is 0 Å². The second kappa shape index (κ2) is 7.48. The lowest BCUT2D eigenvalue weighted by molar-refractivity contribution is -0.114. The number of fused-ring (bicyclic) bond motifs is 1. The van der Waals surface area contributed by atoms with Gasteiger partial charge in [-0.15, -0.1) is 11.3 Å². The van der Waals surface area contributed by atoms with Gasteiger partial charge in [0.1, 0.15) is 0 Å². The van der Waals surface area contributed by atoms with E-state index in [1.807, 2.05) is 30.5 Å². The Bertz CT molecular complexity index is 788. The summed E-state index contributed by atoms with van der Waals surface area (Å²) in [6.07, 6.45) is 2.11. The summed E-state index contributed by atoms with van der Waals surface area (Å²) in [6.45, 7) is 7.08. The number of carbonyl (C=O) groups is 2. The molecule has 1 aromatic carbocycles. The van der Waals surface area contributed by atoms with Gasteiger partial charge in [0.05, 0.1) is 23.4 Å². The lowest BCUT2D eigenvalue weighted by Crippen LogP contribution is -2.38. The van der Waals surface area contributed by atoms with E-state index in [4.69, 9.17) is 0 Å². The fourth-order valence-corrected chi connectivity index (χ4v) is 3.43. The highest BCUT2D eigenvalue weighted by Crippen LogP contribution is 2.33. The number of aromatic nitrogens is 1. The van der Waals surface area contributed by atoms with E-state index in [1.54, 1.807) is 15.3 Å². The van der Waals surface area contributed by atoms with E-state index in [-0.39, 0.29) is 11.9 Å². The van der Waals surface area contributed by atoms with Gasteiger partial charge in [0, 0.05) is 24.2 Å². The molecule has 0 saturated heterocycles. The number of thiazole rings is 1. The third kappa shape index (κ3) is 3.56. The van der Waals surface area contributed by atoms with Crippen LogP contribution >= 0.6 is 11.3 Å². The van der Waals surface area contributed by atoms with Gasteiger partial charge in [0.25, 0.3) is 5.91 Å². The minimum absolute atomic E-state index is 0.112. The van der Waals surface area contributed by atoms with Crippen molar-refractivity contribution < 1.29 is 9.59 Å². The number of nitrogens with zero attached hydrogens (tertiary/aromatic N) is 3. The number of urea groups is 1. The summed E-state index contributed by atoms with van der Waals surface area (Å²) in [6, 6.07) is 5.67. The first-order valence-electron chi connectivity index (χ1n) is 8.13. The number of benzene rings is 1. The smallest absolute Gasteiger partial charge is 0.321 e. The molecule has 130 valence electrons. The molecule has 0 bridgehead atoms. The molecule has 2 aromatic rings. The van der Waals surface area contributed by atoms with Crippen LogP contribution in [-0.2, 0) is 17.8 Å². The summed E-state index contributed by atoms with van der Waals surface area (Å²) >= 11 is 1.49. The van der Waals surface area contributed by atoms with Gasteiger partial charge in [-0.25, -0.2) is 9.78 Å². The van der Waals surface area contributed by atoms with Gasteiger partial charge < -0.3 is 10.2 Å². The average Bonchev–Trinajstić information content (AvgIpc) is 3.28. The molecule has 0 fully saturated rings. The van der Waals surface area contributed by atoms with Gasteiger partial charge in [-0.3, -0.25) is 9.69 Å². The highest BCUT2D eigenvalue weighted by atomic mass is 32.1. The zero-order valence-electron chi connectivity index (χ0n) is 14.1. The second-order valence-corrected chi connectivity index (χ2v) is 6.38. The molecular weight excluding hydrogens is 336 g/mol. The van der Waals surface area contributed by atoms with Gasteiger partial charge in [-0.05, 0) is 37.1 Å². The number of anilines is 2. The molecule has 1 N–H and O–H groups in total. The minimum Gasteiger partial charge on any atom is -0.338 e. The van der Waals surface area contributed by atoms with Crippen molar-refractivity contribution in [1.82, 2.24) is 10.3 Å². The Kier molecular flexibility index (Phi) is 5.14. The molecule has 1 aliphatic rings. The molecule has 1 aromatic heterocycles. The van der Waals surface area contributed by atoms with Crippen LogP contribution in [0.4, 0.5) is 16.2 Å². The Morgan fingerprint density at radius 2 is 2.32 bits per heavy atom. The molecule has 7 heteroatoms. The van der Waals surface area contributed by atoms with Crippen LogP contribution in [0.3, 0.4) is 0 Å². The maximum atomic E-state index is 12.3. The fraction of sp³-hybridized carbons (Fsp3) is 0.278. The predicted molar refractivity (Wildman–Crippen MR) is 100 cm³/mol. The predicted octanol–water partition coefficient (Wildman–Crippen LogP) is 2.95. The van der Waals surface area contributed by atoms with Crippen molar-refractivity contribution >= 4 is 34.6 Å². The first kappa shape index (κ1) is 17.2. The van der Waals surface area contributed by atoms with Gasteiger partial charge in [-0.2, -0.15) is 0 Å². The summed E-state index contributed by atoms with van der Waals surface area (Å²) in [5.74, 6) is -0.199. The van der Waals surface area contributed by atoms with Crippen molar-refractivity contribution in [3.63, 3.8) is 0 Å². The molecule has 25 heavy (non-hydrogen) atoms. The zero-order valence-corrected chi connectivity index (χ0v) is 14.9. The molecule has 3 amide bonds. The highest BCUT2D eigenvalue weighted by molar-refractivity contribution is 7.07. The topological polar surface area (TPSA) is 65.5 Å². The molecule has 0 unspecified atom stereocenters. The average molecular weight is 356 g/mol. The monoisotopic (exact) mass is 356 g/mol. The van der Waals surface area contributed by atoms with Crippen LogP contribution in [0.5, 0.6) is 0 Å². The lowest BCUT2D eigenvalue weighted by Gasteiger charge is -2.23. The van der Waals surface area contributed by atoms with Crippen molar-refractivity contribution in [2.24, 2.45) is 0 Å². The number of hydrogen-bond donors (Lipinski definition) is 1. The van der Waals surface area contributed by atoms with Crippen LogP contribution in [0.25, 0.3) is 0 Å². The van der Waals surface area contributed by atoms with E-state index in [0.29, 0.717) is 19.6 Å². The highest BCUT2D eigenvalue weighted by Gasteiger charge is 2.26. The van der Waals surface area contributed by atoms with Crippen molar-refractivity contribution in [2.75, 3.05) is 22.9 Å². The number of rotatable bonds is 5. The Morgan fingerprint density at radius 1 is 1.48 bits per heavy atom. The fourth-order valence-electron chi connectivity index (χ4n) is 2.88. The van der Waals surface area contributed by atoms with E-state index in [2.05, 4.69) is 16.9 Å². The third-order valence-electron chi connectivity index (χ3n) is 4.09. The van der Waals surface area contributed by atoms with Crippen LogP contribution in [0, 0.1) is 0 Å². The summed E-state index contributed by atoms with van der Waals surface area (Å²) in [4.78, 5) is 32.2. The van der Waals surface area contributed by atoms with Crippen molar-refractivity contribution in [2.45, 2.75) is 19.9 Å². The first-order valence-corrected chi connectivity index (χ1v) is 9.07. The Labute approximate surface area is 150 Å². The third-order valence-corrected chi connectivity index (χ3v) is 4.73. The first-order chi connectivity index (χ1) is 12.1. The van der Waals surface area contributed by atoms with Gasteiger partial charge in [0.15, 0.2) is 0 Å². The molecule has 0 spiro atoms. The molecule has 0 aliphatic carbocycles. The van der Waals surface area contributed by atoms with Crippen molar-refractivity contribution in [3.05, 3.63) is 53.0 Å². The molecular formula is C18H20N4O2S. The Hall–Kier alpha value is -2.67. The summed E-state index contributed by atoms with van der Waals surface area (Å²) in [5, 5.41) is 4.74. The maximum absolute atomic E-state index is 12.3. The summed E-state index contributed by atoms with van der Waals surface area (Å²) in [5.41, 5.74) is 5.25. The van der Waals surface area contributed by atoms with E-state index in [9.17, 15) is 9.59 Å². The largest absolute Gasteiger partial charge is 0.338 e. The van der Waals surface area contributed by atoms with Gasteiger partial charge in [-0.1, -0.05) is 12.6 Å². The van der Waals surface area contributed by atoms with Crippen LogP contribution < -0.4 is 15.1 Å². The van der Waals surface area contributed by atoms with Gasteiger partial charge in [0.2, 0.25) is 0 Å². The second-order valence-electron chi connectivity index (χ2n) is 5.66. The molecule has 0 saturated carbocycles. The SMILES string of the molecule is C=CC(=O)N(Cc1cscn1)c1ccc2c(c1)N(C(=O)NCC)CC2. The quantitative estimate of drug-likeness (QED) is 0.838. The minimum atomic E-state index is -0.199.